The predicted molar refractivity (Wildman–Crippen MR) is 118 cm³/mol. The van der Waals surface area contributed by atoms with E-state index < -0.39 is 5.97 Å². The Morgan fingerprint density at radius 1 is 1.13 bits per heavy atom. The quantitative estimate of drug-likeness (QED) is 0.397. The van der Waals surface area contributed by atoms with Gasteiger partial charge >= 0.3 is 5.97 Å². The summed E-state index contributed by atoms with van der Waals surface area (Å²) >= 11 is 1.29. The van der Waals surface area contributed by atoms with Crippen molar-refractivity contribution < 1.29 is 19.1 Å². The number of benzene rings is 2. The van der Waals surface area contributed by atoms with Gasteiger partial charge in [-0.15, -0.1) is 10.2 Å². The van der Waals surface area contributed by atoms with Gasteiger partial charge in [0.2, 0.25) is 5.91 Å². The van der Waals surface area contributed by atoms with E-state index in [1.165, 1.54) is 18.9 Å². The van der Waals surface area contributed by atoms with Crippen molar-refractivity contribution in [3.05, 3.63) is 66.0 Å². The summed E-state index contributed by atoms with van der Waals surface area (Å²) < 4.78 is 12.6. The maximum absolute atomic E-state index is 12.4. The first-order valence-corrected chi connectivity index (χ1v) is 10.8. The number of thioether (sulfide) groups is 1. The van der Waals surface area contributed by atoms with Crippen molar-refractivity contribution in [2.24, 2.45) is 0 Å². The van der Waals surface area contributed by atoms with E-state index in [4.69, 9.17) is 9.47 Å². The molecule has 0 aliphatic rings. The molecule has 1 N–H and O–H groups in total. The largest absolute Gasteiger partial charge is 0.483 e. The maximum atomic E-state index is 12.4. The predicted octanol–water partition coefficient (Wildman–Crippen LogP) is 3.96. The molecule has 1 aromatic heterocycles. The van der Waals surface area contributed by atoms with Crippen LogP contribution >= 0.6 is 11.8 Å². The molecule has 0 spiro atoms. The molecule has 0 radical (unpaired) electrons. The summed E-state index contributed by atoms with van der Waals surface area (Å²) in [6.07, 6.45) is -0.293. The lowest BCUT2D eigenvalue weighted by Gasteiger charge is -2.15. The Hall–Kier alpha value is -3.33. The Labute approximate surface area is 185 Å². The number of amides is 1. The van der Waals surface area contributed by atoms with Crippen molar-refractivity contribution in [2.75, 3.05) is 18.2 Å². The molecule has 3 aromatic rings. The van der Waals surface area contributed by atoms with Crippen molar-refractivity contribution in [1.29, 1.82) is 0 Å². The van der Waals surface area contributed by atoms with Crippen LogP contribution in [-0.2, 0) is 16.1 Å². The third kappa shape index (κ3) is 5.85. The highest BCUT2D eigenvalue weighted by atomic mass is 32.2. The van der Waals surface area contributed by atoms with Gasteiger partial charge in [0.15, 0.2) is 17.1 Å². The minimum Gasteiger partial charge on any atom is -0.483 e. The smallest absolute Gasteiger partial charge is 0.337 e. The van der Waals surface area contributed by atoms with E-state index in [1.807, 2.05) is 48.7 Å². The molecule has 0 aliphatic heterocycles. The maximum Gasteiger partial charge on any atom is 0.337 e. The van der Waals surface area contributed by atoms with Gasteiger partial charge in [-0.1, -0.05) is 36.0 Å². The van der Waals surface area contributed by atoms with Gasteiger partial charge in [0.1, 0.15) is 5.75 Å². The molecule has 3 rings (SSSR count). The molecule has 162 valence electrons. The Morgan fingerprint density at radius 2 is 1.90 bits per heavy atom. The van der Waals surface area contributed by atoms with E-state index in [0.717, 1.165) is 5.75 Å². The molecule has 0 aliphatic carbocycles. The number of esters is 1. The highest BCUT2D eigenvalue weighted by molar-refractivity contribution is 7.99. The lowest BCUT2D eigenvalue weighted by Crippen LogP contribution is -2.16. The van der Waals surface area contributed by atoms with Crippen LogP contribution in [0.2, 0.25) is 0 Å². The molecule has 2 aromatic carbocycles. The highest BCUT2D eigenvalue weighted by Gasteiger charge is 2.19. The van der Waals surface area contributed by atoms with E-state index >= 15 is 0 Å². The van der Waals surface area contributed by atoms with E-state index in [-0.39, 0.29) is 17.8 Å². The standard InChI is InChI=1S/C22H24N4O4S/c1-4-26-20(15(2)30-18-11-6-5-7-12-18)24-25-22(26)31-14-19(27)23-17-10-8-9-16(13-17)21(28)29-3/h5-13,15H,4,14H2,1-3H3,(H,23,27). The number of carbonyl (C=O) groups is 2. The lowest BCUT2D eigenvalue weighted by molar-refractivity contribution is -0.113. The van der Waals surface area contributed by atoms with Gasteiger partial charge in [-0.05, 0) is 44.2 Å². The Bertz CT molecular complexity index is 1040. The second-order valence-corrected chi connectivity index (χ2v) is 7.51. The zero-order valence-corrected chi connectivity index (χ0v) is 18.4. The summed E-state index contributed by atoms with van der Waals surface area (Å²) in [6.45, 7) is 4.55. The van der Waals surface area contributed by atoms with Crippen LogP contribution in [0.5, 0.6) is 5.75 Å². The van der Waals surface area contributed by atoms with Crippen molar-refractivity contribution in [3.8, 4) is 5.75 Å². The van der Waals surface area contributed by atoms with Crippen LogP contribution in [0.15, 0.2) is 59.8 Å². The van der Waals surface area contributed by atoms with E-state index in [2.05, 4.69) is 15.5 Å². The van der Waals surface area contributed by atoms with Gasteiger partial charge in [0.05, 0.1) is 18.4 Å². The average Bonchev–Trinajstić information content (AvgIpc) is 3.21. The Balaban J connectivity index is 1.61. The normalized spacial score (nSPS) is 11.6. The number of ether oxygens (including phenoxy) is 2. The molecule has 0 bridgehead atoms. The fourth-order valence-electron chi connectivity index (χ4n) is 2.93. The zero-order valence-electron chi connectivity index (χ0n) is 17.6. The number of nitrogens with one attached hydrogen (secondary N) is 1. The molecular weight excluding hydrogens is 416 g/mol. The second kappa shape index (κ2) is 10.6. The minimum atomic E-state index is -0.458. The molecule has 0 fully saturated rings. The van der Waals surface area contributed by atoms with Gasteiger partial charge in [-0.3, -0.25) is 4.79 Å². The number of rotatable bonds is 9. The summed E-state index contributed by atoms with van der Waals surface area (Å²) in [5.41, 5.74) is 0.895. The van der Waals surface area contributed by atoms with E-state index in [0.29, 0.717) is 28.8 Å². The molecule has 1 amide bonds. The number of hydrogen-bond donors (Lipinski definition) is 1. The fourth-order valence-corrected chi connectivity index (χ4v) is 3.74. The van der Waals surface area contributed by atoms with Crippen molar-refractivity contribution in [3.63, 3.8) is 0 Å². The molecule has 31 heavy (non-hydrogen) atoms. The first-order valence-electron chi connectivity index (χ1n) is 9.77. The van der Waals surface area contributed by atoms with Gasteiger partial charge < -0.3 is 19.4 Å². The van der Waals surface area contributed by atoms with Crippen molar-refractivity contribution in [2.45, 2.75) is 31.7 Å². The van der Waals surface area contributed by atoms with Gasteiger partial charge in [0, 0.05) is 12.2 Å². The third-order valence-electron chi connectivity index (χ3n) is 4.38. The number of carbonyl (C=O) groups excluding carboxylic acids is 2. The zero-order chi connectivity index (χ0) is 22.2. The number of nitrogens with zero attached hydrogens (tertiary/aromatic N) is 3. The minimum absolute atomic E-state index is 0.147. The second-order valence-electron chi connectivity index (χ2n) is 6.57. The number of methoxy groups -OCH3 is 1. The molecular formula is C22H24N4O4S. The molecule has 0 saturated heterocycles. The van der Waals surface area contributed by atoms with Crippen LogP contribution in [0.3, 0.4) is 0 Å². The van der Waals surface area contributed by atoms with Gasteiger partial charge in [-0.2, -0.15) is 0 Å². The summed E-state index contributed by atoms with van der Waals surface area (Å²) in [7, 11) is 1.31. The SMILES string of the molecule is CCn1c(SCC(=O)Nc2cccc(C(=O)OC)c2)nnc1C(C)Oc1ccccc1. The van der Waals surface area contributed by atoms with Crippen LogP contribution < -0.4 is 10.1 Å². The van der Waals surface area contributed by atoms with Crippen LogP contribution in [0.1, 0.15) is 36.1 Å². The molecule has 0 saturated carbocycles. The molecule has 9 heteroatoms. The first-order chi connectivity index (χ1) is 15.0. The summed E-state index contributed by atoms with van der Waals surface area (Å²) in [6, 6.07) is 16.1. The number of anilines is 1. The van der Waals surface area contributed by atoms with E-state index in [1.54, 1.807) is 24.3 Å². The highest BCUT2D eigenvalue weighted by Crippen LogP contribution is 2.24. The van der Waals surface area contributed by atoms with Gasteiger partial charge in [0.25, 0.3) is 0 Å². The van der Waals surface area contributed by atoms with Crippen LogP contribution in [0, 0.1) is 0 Å². The van der Waals surface area contributed by atoms with Crippen LogP contribution in [-0.4, -0.2) is 39.5 Å². The fraction of sp³-hybridized carbons (Fsp3) is 0.273. The lowest BCUT2D eigenvalue weighted by atomic mass is 10.2. The molecule has 1 unspecified atom stereocenters. The first kappa shape index (κ1) is 22.4. The monoisotopic (exact) mass is 440 g/mol. The molecule has 1 heterocycles. The molecule has 1 atom stereocenters. The summed E-state index contributed by atoms with van der Waals surface area (Å²) in [5, 5.41) is 11.9. The van der Waals surface area contributed by atoms with E-state index in [9.17, 15) is 9.59 Å². The Kier molecular flexibility index (Phi) is 7.66. The van der Waals surface area contributed by atoms with Crippen molar-refractivity contribution >= 4 is 29.3 Å². The topological polar surface area (TPSA) is 95.3 Å². The Morgan fingerprint density at radius 3 is 2.61 bits per heavy atom. The summed E-state index contributed by atoms with van der Waals surface area (Å²) in [5.74, 6) is 0.922. The third-order valence-corrected chi connectivity index (χ3v) is 5.35. The van der Waals surface area contributed by atoms with Crippen molar-refractivity contribution in [1.82, 2.24) is 14.8 Å². The van der Waals surface area contributed by atoms with Gasteiger partial charge in [-0.25, -0.2) is 4.79 Å². The molecule has 8 nitrogen and oxygen atoms in total. The van der Waals surface area contributed by atoms with Crippen LogP contribution in [0.4, 0.5) is 5.69 Å². The number of hydrogen-bond acceptors (Lipinski definition) is 7. The number of aromatic nitrogens is 3. The van der Waals surface area contributed by atoms with Crippen LogP contribution in [0.25, 0.3) is 0 Å². The average molecular weight is 441 g/mol. The number of para-hydroxylation sites is 1. The summed E-state index contributed by atoms with van der Waals surface area (Å²) in [4.78, 5) is 24.0.